The molecule has 1 fully saturated rings. The van der Waals surface area contributed by atoms with Crippen LogP contribution in [0.3, 0.4) is 0 Å². The zero-order chi connectivity index (χ0) is 27.0. The number of hydrogen-bond donors (Lipinski definition) is 1. The molecule has 2 aliphatic heterocycles. The molecule has 1 amide bonds. The maximum atomic E-state index is 13.8. The number of nitrogens with zero attached hydrogens (tertiary/aromatic N) is 2. The molecule has 1 unspecified atom stereocenters. The number of amides is 1. The molecule has 0 spiro atoms. The highest BCUT2D eigenvalue weighted by Gasteiger charge is 2.43. The first-order chi connectivity index (χ1) is 18.9. The molecule has 0 radical (unpaired) electrons. The summed E-state index contributed by atoms with van der Waals surface area (Å²) in [6.45, 7) is 5.98. The predicted molar refractivity (Wildman–Crippen MR) is 153 cm³/mol. The van der Waals surface area contributed by atoms with Crippen molar-refractivity contribution < 1.29 is 14.0 Å². The number of likely N-dealkylation sites (tertiary alicyclic amines) is 1. The van der Waals surface area contributed by atoms with Gasteiger partial charge < -0.3 is 19.5 Å². The van der Waals surface area contributed by atoms with E-state index in [1.165, 1.54) is 5.56 Å². The second-order valence-electron chi connectivity index (χ2n) is 12.0. The highest BCUT2D eigenvalue weighted by Crippen LogP contribution is 2.48. The zero-order valence-electron chi connectivity index (χ0n) is 22.9. The van der Waals surface area contributed by atoms with Crippen molar-refractivity contribution in [1.82, 2.24) is 4.90 Å². The first-order valence-corrected chi connectivity index (χ1v) is 14.1. The molecule has 6 nitrogen and oxygen atoms in total. The first kappa shape index (κ1) is 25.5. The fourth-order valence-electron chi connectivity index (χ4n) is 6.55. The minimum atomic E-state index is -0.464. The Morgan fingerprint density at radius 1 is 0.974 bits per heavy atom. The predicted octanol–water partition coefficient (Wildman–Crippen LogP) is 6.38. The Balaban J connectivity index is 1.28. The summed E-state index contributed by atoms with van der Waals surface area (Å²) >= 11 is 0. The number of ketones is 1. The minimum Gasteiger partial charge on any atom is -0.467 e. The summed E-state index contributed by atoms with van der Waals surface area (Å²) in [5.74, 6) is 1.48. The number of allylic oxidation sites excluding steroid dienone is 1. The fraction of sp³-hybridized carbons (Fsp3) is 0.394. The summed E-state index contributed by atoms with van der Waals surface area (Å²) < 4.78 is 5.94. The maximum absolute atomic E-state index is 13.8. The van der Waals surface area contributed by atoms with Crippen LogP contribution in [0.25, 0.3) is 0 Å². The Bertz CT molecular complexity index is 1370. The molecular formula is C33H37N3O3. The Morgan fingerprint density at radius 3 is 2.46 bits per heavy atom. The van der Waals surface area contributed by atoms with Gasteiger partial charge in [-0.25, -0.2) is 0 Å². The Morgan fingerprint density at radius 2 is 1.72 bits per heavy atom. The van der Waals surface area contributed by atoms with Crippen molar-refractivity contribution in [3.05, 3.63) is 95.6 Å². The molecule has 3 aromatic rings. The van der Waals surface area contributed by atoms with E-state index in [9.17, 15) is 9.59 Å². The van der Waals surface area contributed by atoms with Gasteiger partial charge in [-0.1, -0.05) is 56.3 Å². The van der Waals surface area contributed by atoms with Gasteiger partial charge in [-0.05, 0) is 66.8 Å². The molecule has 6 rings (SSSR count). The van der Waals surface area contributed by atoms with Crippen LogP contribution < -0.4 is 10.2 Å². The lowest BCUT2D eigenvalue weighted by atomic mass is 9.74. The molecule has 6 heteroatoms. The van der Waals surface area contributed by atoms with Gasteiger partial charge in [0.1, 0.15) is 11.8 Å². The fourth-order valence-corrected chi connectivity index (χ4v) is 6.55. The number of furan rings is 1. The summed E-state index contributed by atoms with van der Waals surface area (Å²) in [5, 5.41) is 3.60. The highest BCUT2D eigenvalue weighted by molar-refractivity contribution is 6.01. The van der Waals surface area contributed by atoms with Crippen LogP contribution in [0.4, 0.5) is 11.4 Å². The van der Waals surface area contributed by atoms with E-state index in [0.717, 1.165) is 61.4 Å². The number of nitrogens with one attached hydrogen (secondary N) is 1. The van der Waals surface area contributed by atoms with E-state index in [0.29, 0.717) is 18.1 Å². The highest BCUT2D eigenvalue weighted by atomic mass is 16.3. The Kier molecular flexibility index (Phi) is 6.79. The Labute approximate surface area is 230 Å². The van der Waals surface area contributed by atoms with Crippen LogP contribution in [-0.4, -0.2) is 36.2 Å². The SMILES string of the molecule is CC1(C)CC(=O)C2=C(C1)Nc1ccccc1N(CC(=O)N1CCC(Cc3ccccc3)CC1)C2c1ccco1. The molecular weight excluding hydrogens is 486 g/mol. The van der Waals surface area contributed by atoms with Crippen LogP contribution in [0.1, 0.15) is 56.9 Å². The lowest BCUT2D eigenvalue weighted by Crippen LogP contribution is -2.46. The quantitative estimate of drug-likeness (QED) is 0.421. The van der Waals surface area contributed by atoms with Crippen LogP contribution in [0, 0.1) is 11.3 Å². The van der Waals surface area contributed by atoms with Crippen LogP contribution in [0.2, 0.25) is 0 Å². The molecule has 0 bridgehead atoms. The van der Waals surface area contributed by atoms with Crippen molar-refractivity contribution in [3.8, 4) is 0 Å². The number of para-hydroxylation sites is 2. The molecule has 202 valence electrons. The van der Waals surface area contributed by atoms with Gasteiger partial charge in [-0.2, -0.15) is 0 Å². The second-order valence-corrected chi connectivity index (χ2v) is 12.0. The topological polar surface area (TPSA) is 65.8 Å². The number of benzene rings is 2. The van der Waals surface area contributed by atoms with Gasteiger partial charge >= 0.3 is 0 Å². The van der Waals surface area contributed by atoms with Crippen molar-refractivity contribution in [2.45, 2.75) is 52.0 Å². The van der Waals surface area contributed by atoms with E-state index in [1.54, 1.807) is 6.26 Å². The van der Waals surface area contributed by atoms with E-state index in [4.69, 9.17) is 4.42 Å². The van der Waals surface area contributed by atoms with Crippen LogP contribution in [-0.2, 0) is 16.0 Å². The van der Waals surface area contributed by atoms with Gasteiger partial charge in [0, 0.05) is 30.8 Å². The molecule has 39 heavy (non-hydrogen) atoms. The van der Waals surface area contributed by atoms with E-state index in [1.807, 2.05) is 41.3 Å². The number of anilines is 2. The lowest BCUT2D eigenvalue weighted by Gasteiger charge is -2.38. The average molecular weight is 524 g/mol. The molecule has 3 aliphatic rings. The molecule has 1 saturated heterocycles. The molecule has 1 aliphatic carbocycles. The van der Waals surface area contributed by atoms with E-state index in [-0.39, 0.29) is 23.7 Å². The minimum absolute atomic E-state index is 0.0900. The Hall–Kier alpha value is -3.80. The third-order valence-corrected chi connectivity index (χ3v) is 8.46. The van der Waals surface area contributed by atoms with Gasteiger partial charge in [0.15, 0.2) is 5.78 Å². The van der Waals surface area contributed by atoms with E-state index >= 15 is 0 Å². The lowest BCUT2D eigenvalue weighted by molar-refractivity contribution is -0.131. The number of fused-ring (bicyclic) bond motifs is 1. The summed E-state index contributed by atoms with van der Waals surface area (Å²) in [5.41, 5.74) is 4.70. The third kappa shape index (κ3) is 5.25. The van der Waals surface area contributed by atoms with Crippen molar-refractivity contribution in [1.29, 1.82) is 0 Å². The number of hydrogen-bond acceptors (Lipinski definition) is 5. The van der Waals surface area contributed by atoms with Crippen LogP contribution in [0.5, 0.6) is 0 Å². The van der Waals surface area contributed by atoms with Crippen LogP contribution in [0.15, 0.2) is 88.7 Å². The average Bonchev–Trinajstić information content (AvgIpc) is 3.41. The standard InChI is InChI=1S/C33H37N3O3/c1-33(2)20-26-31(28(37)21-33)32(29-13-8-18-39-29)36(27-12-7-6-11-25(27)34-26)22-30(38)35-16-14-24(15-17-35)19-23-9-4-3-5-10-23/h3-13,18,24,32,34H,14-17,19-22H2,1-2H3. The molecule has 1 aromatic heterocycles. The summed E-state index contributed by atoms with van der Waals surface area (Å²) in [7, 11) is 0. The van der Waals surface area contributed by atoms with Gasteiger partial charge in [0.05, 0.1) is 24.2 Å². The molecule has 3 heterocycles. The summed E-state index contributed by atoms with van der Waals surface area (Å²) in [6.07, 6.45) is 5.94. The summed E-state index contributed by atoms with van der Waals surface area (Å²) in [4.78, 5) is 31.6. The number of Topliss-reactive ketones (excluding diaryl/α,β-unsaturated/α-hetero) is 1. The summed E-state index contributed by atoms with van der Waals surface area (Å²) in [6, 6.07) is 22.0. The van der Waals surface area contributed by atoms with Gasteiger partial charge in [-0.15, -0.1) is 0 Å². The molecule has 0 saturated carbocycles. The van der Waals surface area contributed by atoms with Crippen molar-refractivity contribution in [3.63, 3.8) is 0 Å². The zero-order valence-corrected chi connectivity index (χ0v) is 22.9. The van der Waals surface area contributed by atoms with E-state index in [2.05, 4.69) is 54.4 Å². The maximum Gasteiger partial charge on any atom is 0.242 e. The van der Waals surface area contributed by atoms with Crippen molar-refractivity contribution in [2.75, 3.05) is 29.9 Å². The first-order valence-electron chi connectivity index (χ1n) is 14.1. The molecule has 1 N–H and O–H groups in total. The van der Waals surface area contributed by atoms with Crippen LogP contribution >= 0.6 is 0 Å². The largest absolute Gasteiger partial charge is 0.467 e. The van der Waals surface area contributed by atoms with Gasteiger partial charge in [0.25, 0.3) is 0 Å². The van der Waals surface area contributed by atoms with Gasteiger partial charge in [-0.3, -0.25) is 9.59 Å². The smallest absolute Gasteiger partial charge is 0.242 e. The molecule has 1 atom stereocenters. The number of carbonyl (C=O) groups excluding carboxylic acids is 2. The van der Waals surface area contributed by atoms with E-state index < -0.39 is 6.04 Å². The number of piperidine rings is 1. The van der Waals surface area contributed by atoms with Crippen molar-refractivity contribution in [2.24, 2.45) is 11.3 Å². The van der Waals surface area contributed by atoms with Gasteiger partial charge in [0.2, 0.25) is 5.91 Å². The second kappa shape index (κ2) is 10.4. The number of rotatable bonds is 5. The van der Waals surface area contributed by atoms with Crippen molar-refractivity contribution >= 4 is 23.1 Å². The monoisotopic (exact) mass is 523 g/mol. The normalized spacial score (nSPS) is 21.2. The third-order valence-electron chi connectivity index (χ3n) is 8.46. The molecule has 2 aromatic carbocycles. The number of carbonyl (C=O) groups is 2.